The Kier molecular flexibility index (Phi) is 4.88. The van der Waals surface area contributed by atoms with Gasteiger partial charge in [0.15, 0.2) is 0 Å². The number of anilines is 1. The number of aromatic nitrogens is 2. The molecule has 2 fully saturated rings. The van der Waals surface area contributed by atoms with E-state index in [2.05, 4.69) is 32.3 Å². The maximum atomic E-state index is 10.5. The van der Waals surface area contributed by atoms with Gasteiger partial charge in [-0.15, -0.1) is 0 Å². The van der Waals surface area contributed by atoms with Gasteiger partial charge >= 0.3 is 0 Å². The van der Waals surface area contributed by atoms with E-state index in [0.717, 1.165) is 43.3 Å². The molecule has 1 aromatic carbocycles. The van der Waals surface area contributed by atoms with Crippen LogP contribution in [0.2, 0.25) is 5.02 Å². The molecule has 25 heavy (non-hydrogen) atoms. The number of fused-ring (bicyclic) bond motifs is 1. The summed E-state index contributed by atoms with van der Waals surface area (Å²) in [6, 6.07) is 8.14. The zero-order valence-electron chi connectivity index (χ0n) is 14.1. The van der Waals surface area contributed by atoms with Crippen LogP contribution in [0.3, 0.4) is 0 Å². The standard InChI is InChI=1S/C19H23ClN4O/c20-16-3-1-13(2-4-16)10-24-11-14-7-17(18(25)8-15(14)12-24)23-19-9-21-5-6-22-19/h1-6,9,14-15,17-18,25H,7-8,10-12H2,(H,22,23)/t14-,15+,17-,18-/m1/s1. The van der Waals surface area contributed by atoms with Crippen LogP contribution in [-0.4, -0.2) is 45.2 Å². The smallest absolute Gasteiger partial charge is 0.144 e. The second-order valence-corrected chi connectivity index (χ2v) is 7.66. The summed E-state index contributed by atoms with van der Waals surface area (Å²) < 4.78 is 0. The molecule has 1 saturated carbocycles. The molecule has 132 valence electrons. The van der Waals surface area contributed by atoms with Crippen LogP contribution >= 0.6 is 11.6 Å². The number of aliphatic hydroxyl groups excluding tert-OH is 1. The molecule has 2 aromatic rings. The van der Waals surface area contributed by atoms with Gasteiger partial charge in [-0.2, -0.15) is 0 Å². The van der Waals surface area contributed by atoms with E-state index in [9.17, 15) is 5.11 Å². The van der Waals surface area contributed by atoms with Crippen molar-refractivity contribution in [1.29, 1.82) is 0 Å². The van der Waals surface area contributed by atoms with E-state index >= 15 is 0 Å². The lowest BCUT2D eigenvalue weighted by Gasteiger charge is -2.35. The first-order chi connectivity index (χ1) is 12.2. The van der Waals surface area contributed by atoms with Crippen LogP contribution in [0.5, 0.6) is 0 Å². The number of nitrogens with one attached hydrogen (secondary N) is 1. The Morgan fingerprint density at radius 2 is 1.88 bits per heavy atom. The van der Waals surface area contributed by atoms with Gasteiger partial charge in [0.05, 0.1) is 18.3 Å². The van der Waals surface area contributed by atoms with Crippen LogP contribution in [0.25, 0.3) is 0 Å². The molecule has 0 amide bonds. The van der Waals surface area contributed by atoms with Gasteiger partial charge in [-0.3, -0.25) is 9.88 Å². The molecule has 1 aliphatic heterocycles. The quantitative estimate of drug-likeness (QED) is 0.880. The fourth-order valence-electron chi connectivity index (χ4n) is 4.22. The molecule has 1 aliphatic carbocycles. The normalized spacial score (nSPS) is 29.4. The van der Waals surface area contributed by atoms with Crippen LogP contribution in [0.4, 0.5) is 5.82 Å². The van der Waals surface area contributed by atoms with Crippen molar-refractivity contribution in [3.8, 4) is 0 Å². The predicted molar refractivity (Wildman–Crippen MR) is 98.4 cm³/mol. The van der Waals surface area contributed by atoms with Crippen molar-refractivity contribution < 1.29 is 5.11 Å². The molecule has 4 rings (SSSR count). The highest BCUT2D eigenvalue weighted by atomic mass is 35.5. The van der Waals surface area contributed by atoms with Gasteiger partial charge in [-0.1, -0.05) is 23.7 Å². The lowest BCUT2D eigenvalue weighted by molar-refractivity contribution is 0.0735. The number of hydrogen-bond acceptors (Lipinski definition) is 5. The summed E-state index contributed by atoms with van der Waals surface area (Å²) >= 11 is 5.97. The minimum Gasteiger partial charge on any atom is -0.391 e. The Bertz CT molecular complexity index is 696. The summed E-state index contributed by atoms with van der Waals surface area (Å²) in [7, 11) is 0. The topological polar surface area (TPSA) is 61.3 Å². The maximum absolute atomic E-state index is 10.5. The molecule has 1 aromatic heterocycles. The molecular weight excluding hydrogens is 336 g/mol. The fourth-order valence-corrected chi connectivity index (χ4v) is 4.35. The lowest BCUT2D eigenvalue weighted by atomic mass is 9.77. The zero-order chi connectivity index (χ0) is 17.2. The van der Waals surface area contributed by atoms with Crippen LogP contribution in [0.1, 0.15) is 18.4 Å². The van der Waals surface area contributed by atoms with E-state index in [1.807, 2.05) is 12.1 Å². The minimum absolute atomic E-state index is 0.0495. The second kappa shape index (κ2) is 7.28. The number of aliphatic hydroxyl groups is 1. The molecule has 6 heteroatoms. The molecule has 2 aliphatic rings. The predicted octanol–water partition coefficient (Wildman–Crippen LogP) is 2.81. The first-order valence-corrected chi connectivity index (χ1v) is 9.22. The molecule has 0 spiro atoms. The fraction of sp³-hybridized carbons (Fsp3) is 0.474. The van der Waals surface area contributed by atoms with Crippen molar-refractivity contribution in [2.75, 3.05) is 18.4 Å². The van der Waals surface area contributed by atoms with Crippen molar-refractivity contribution >= 4 is 17.4 Å². The Morgan fingerprint density at radius 1 is 1.12 bits per heavy atom. The molecule has 5 nitrogen and oxygen atoms in total. The van der Waals surface area contributed by atoms with E-state index < -0.39 is 0 Å². The van der Waals surface area contributed by atoms with Crippen molar-refractivity contribution in [3.05, 3.63) is 53.4 Å². The van der Waals surface area contributed by atoms with E-state index in [1.54, 1.807) is 18.6 Å². The van der Waals surface area contributed by atoms with Crippen LogP contribution in [0, 0.1) is 11.8 Å². The van der Waals surface area contributed by atoms with Gasteiger partial charge in [0.25, 0.3) is 0 Å². The first kappa shape index (κ1) is 16.8. The van der Waals surface area contributed by atoms with Gasteiger partial charge in [0.1, 0.15) is 5.82 Å². The van der Waals surface area contributed by atoms with E-state index in [-0.39, 0.29) is 12.1 Å². The van der Waals surface area contributed by atoms with Gasteiger partial charge in [0.2, 0.25) is 0 Å². The van der Waals surface area contributed by atoms with E-state index in [1.165, 1.54) is 5.56 Å². The summed E-state index contributed by atoms with van der Waals surface area (Å²) in [4.78, 5) is 10.8. The number of hydrogen-bond donors (Lipinski definition) is 2. The summed E-state index contributed by atoms with van der Waals surface area (Å²) in [5.41, 5.74) is 1.29. The average Bonchev–Trinajstić information content (AvgIpc) is 2.99. The largest absolute Gasteiger partial charge is 0.391 e. The van der Waals surface area contributed by atoms with Gasteiger partial charge in [-0.05, 0) is 42.4 Å². The minimum atomic E-state index is -0.335. The highest BCUT2D eigenvalue weighted by molar-refractivity contribution is 6.30. The zero-order valence-corrected chi connectivity index (χ0v) is 14.8. The average molecular weight is 359 g/mol. The lowest BCUT2D eigenvalue weighted by Crippen LogP contribution is -2.43. The van der Waals surface area contributed by atoms with Crippen molar-refractivity contribution in [1.82, 2.24) is 14.9 Å². The Labute approximate surface area is 153 Å². The van der Waals surface area contributed by atoms with Crippen LogP contribution in [0.15, 0.2) is 42.9 Å². The highest BCUT2D eigenvalue weighted by Gasteiger charge is 2.41. The number of rotatable bonds is 4. The summed E-state index contributed by atoms with van der Waals surface area (Å²) in [5, 5.41) is 14.7. The Balaban J connectivity index is 1.37. The molecule has 0 radical (unpaired) electrons. The summed E-state index contributed by atoms with van der Waals surface area (Å²) in [6.07, 6.45) is 6.52. The van der Waals surface area contributed by atoms with Crippen LogP contribution < -0.4 is 5.32 Å². The SMILES string of the molecule is O[C@@H]1C[C@H]2CN(Cc3ccc(Cl)cc3)C[C@H]2C[C@H]1Nc1cnccn1. The molecule has 1 saturated heterocycles. The Morgan fingerprint density at radius 3 is 2.60 bits per heavy atom. The molecule has 2 heterocycles. The third-order valence-corrected chi connectivity index (χ3v) is 5.69. The van der Waals surface area contributed by atoms with Gasteiger partial charge < -0.3 is 10.4 Å². The molecular formula is C19H23ClN4O. The molecule has 0 bridgehead atoms. The summed E-state index contributed by atoms with van der Waals surface area (Å²) in [6.45, 7) is 3.09. The van der Waals surface area contributed by atoms with E-state index in [0.29, 0.717) is 11.8 Å². The summed E-state index contributed by atoms with van der Waals surface area (Å²) in [5.74, 6) is 1.92. The highest BCUT2D eigenvalue weighted by Crippen LogP contribution is 2.37. The molecule has 2 N–H and O–H groups in total. The number of nitrogens with zero attached hydrogens (tertiary/aromatic N) is 3. The van der Waals surface area contributed by atoms with Crippen molar-refractivity contribution in [3.63, 3.8) is 0 Å². The van der Waals surface area contributed by atoms with Crippen LogP contribution in [-0.2, 0) is 6.54 Å². The number of halogens is 1. The van der Waals surface area contributed by atoms with E-state index in [4.69, 9.17) is 11.6 Å². The second-order valence-electron chi connectivity index (χ2n) is 7.22. The third-order valence-electron chi connectivity index (χ3n) is 5.43. The molecule has 4 atom stereocenters. The Hall–Kier alpha value is -1.69. The van der Waals surface area contributed by atoms with Gasteiger partial charge in [0, 0.05) is 37.1 Å². The first-order valence-electron chi connectivity index (χ1n) is 8.85. The number of benzene rings is 1. The monoisotopic (exact) mass is 358 g/mol. The maximum Gasteiger partial charge on any atom is 0.144 e. The van der Waals surface area contributed by atoms with Gasteiger partial charge in [-0.25, -0.2) is 4.98 Å². The third kappa shape index (κ3) is 3.94. The van der Waals surface area contributed by atoms with Crippen molar-refractivity contribution in [2.45, 2.75) is 31.5 Å². The van der Waals surface area contributed by atoms with Crippen molar-refractivity contribution in [2.24, 2.45) is 11.8 Å². The molecule has 0 unspecified atom stereocenters. The number of likely N-dealkylation sites (tertiary alicyclic amines) is 1.